The number of carbonyl (C=O) groups is 2. The van der Waals surface area contributed by atoms with Crippen LogP contribution in [0.5, 0.6) is 0 Å². The van der Waals surface area contributed by atoms with Crippen LogP contribution in [0.3, 0.4) is 0 Å². The number of rotatable bonds is 2. The van der Waals surface area contributed by atoms with Crippen molar-refractivity contribution in [3.8, 4) is 0 Å². The van der Waals surface area contributed by atoms with Crippen LogP contribution in [0.1, 0.15) is 49.9 Å². The first-order valence-electron chi connectivity index (χ1n) is 7.37. The van der Waals surface area contributed by atoms with E-state index in [-0.39, 0.29) is 11.6 Å². The molecule has 0 radical (unpaired) electrons. The summed E-state index contributed by atoms with van der Waals surface area (Å²) in [5.41, 5.74) is 6.40. The number of thiophene rings is 1. The molecule has 0 saturated carbocycles. The zero-order chi connectivity index (χ0) is 15.4. The van der Waals surface area contributed by atoms with E-state index in [1.807, 2.05) is 6.07 Å². The molecule has 2 N–H and O–H groups in total. The summed E-state index contributed by atoms with van der Waals surface area (Å²) in [4.78, 5) is 29.9. The lowest BCUT2D eigenvalue weighted by molar-refractivity contribution is 0.0846. The van der Waals surface area contributed by atoms with Gasteiger partial charge in [0.05, 0.1) is 4.88 Å². The average Bonchev–Trinajstić information content (AvgIpc) is 2.84. The molecule has 2 amide bonds. The van der Waals surface area contributed by atoms with Gasteiger partial charge in [0.15, 0.2) is 0 Å². The van der Waals surface area contributed by atoms with Gasteiger partial charge in [-0.1, -0.05) is 12.5 Å². The molecular weight excluding hydrogens is 298 g/mol. The third-order valence-corrected chi connectivity index (χ3v) is 4.89. The number of hydrogen-bond donors (Lipinski definition) is 2. The minimum Gasteiger partial charge on any atom is -0.266 e. The molecule has 6 heteroatoms. The largest absolute Gasteiger partial charge is 0.288 e. The van der Waals surface area contributed by atoms with Gasteiger partial charge in [0.25, 0.3) is 11.8 Å². The summed E-state index contributed by atoms with van der Waals surface area (Å²) in [7, 11) is 0. The molecule has 2 aromatic heterocycles. The molecule has 0 saturated heterocycles. The topological polar surface area (TPSA) is 71.1 Å². The van der Waals surface area contributed by atoms with E-state index in [1.54, 1.807) is 18.2 Å². The summed E-state index contributed by atoms with van der Waals surface area (Å²) in [6.45, 7) is 0. The van der Waals surface area contributed by atoms with Crippen LogP contribution in [0.2, 0.25) is 0 Å². The maximum absolute atomic E-state index is 12.1. The van der Waals surface area contributed by atoms with E-state index in [2.05, 4.69) is 15.8 Å². The van der Waals surface area contributed by atoms with Crippen molar-refractivity contribution < 1.29 is 9.59 Å². The molecule has 0 atom stereocenters. The van der Waals surface area contributed by atoms with Crippen molar-refractivity contribution in [3.63, 3.8) is 0 Å². The van der Waals surface area contributed by atoms with Crippen LogP contribution in [0.25, 0.3) is 0 Å². The lowest BCUT2D eigenvalue weighted by atomic mass is 10.1. The van der Waals surface area contributed by atoms with Gasteiger partial charge in [0.2, 0.25) is 0 Å². The second kappa shape index (κ2) is 6.70. The van der Waals surface area contributed by atoms with E-state index < -0.39 is 5.91 Å². The number of nitrogens with zero attached hydrogens (tertiary/aromatic N) is 1. The van der Waals surface area contributed by atoms with Crippen LogP contribution in [0.15, 0.2) is 30.5 Å². The highest BCUT2D eigenvalue weighted by molar-refractivity contribution is 7.14. The standard InChI is InChI=1S/C16H17N3O2S/c20-15(12-7-4-5-9-17-12)18-19-16(21)14-10-11-6-2-1-3-8-13(11)22-14/h4-5,7,9-10H,1-3,6,8H2,(H,18,20)(H,19,21). The maximum Gasteiger partial charge on any atom is 0.288 e. The molecular formula is C16H17N3O2S. The van der Waals surface area contributed by atoms with Gasteiger partial charge in [-0.2, -0.15) is 0 Å². The van der Waals surface area contributed by atoms with Crippen LogP contribution in [0, 0.1) is 0 Å². The number of hydrazine groups is 1. The Bertz CT molecular complexity index is 658. The van der Waals surface area contributed by atoms with Crippen molar-refractivity contribution >= 4 is 23.2 Å². The molecule has 2 aromatic rings. The zero-order valence-corrected chi connectivity index (χ0v) is 12.9. The van der Waals surface area contributed by atoms with Crippen molar-refractivity contribution in [3.05, 3.63) is 51.5 Å². The first-order valence-corrected chi connectivity index (χ1v) is 8.19. The lowest BCUT2D eigenvalue weighted by Gasteiger charge is -2.05. The first-order chi connectivity index (χ1) is 10.7. The third kappa shape index (κ3) is 3.33. The molecule has 0 spiro atoms. The molecule has 3 rings (SSSR count). The number of amides is 2. The Kier molecular flexibility index (Phi) is 4.48. The summed E-state index contributed by atoms with van der Waals surface area (Å²) in [5.74, 6) is -0.700. The Morgan fingerprint density at radius 3 is 2.68 bits per heavy atom. The van der Waals surface area contributed by atoms with Crippen LogP contribution in [0.4, 0.5) is 0 Å². The smallest absolute Gasteiger partial charge is 0.266 e. The Balaban J connectivity index is 1.62. The highest BCUT2D eigenvalue weighted by Crippen LogP contribution is 2.28. The van der Waals surface area contributed by atoms with E-state index in [0.717, 1.165) is 12.8 Å². The number of aromatic nitrogens is 1. The van der Waals surface area contributed by atoms with Crippen LogP contribution in [-0.2, 0) is 12.8 Å². The number of carbonyl (C=O) groups excluding carboxylic acids is 2. The predicted octanol–water partition coefficient (Wildman–Crippen LogP) is 2.49. The van der Waals surface area contributed by atoms with Crippen molar-refractivity contribution in [1.29, 1.82) is 0 Å². The van der Waals surface area contributed by atoms with E-state index in [0.29, 0.717) is 4.88 Å². The fourth-order valence-corrected chi connectivity index (χ4v) is 3.66. The normalized spacial score (nSPS) is 13.8. The minimum absolute atomic E-state index is 0.268. The summed E-state index contributed by atoms with van der Waals surface area (Å²) >= 11 is 1.53. The molecule has 0 unspecified atom stereocenters. The number of aryl methyl sites for hydroxylation is 2. The average molecular weight is 315 g/mol. The number of nitrogens with one attached hydrogen (secondary N) is 2. The molecule has 2 heterocycles. The zero-order valence-electron chi connectivity index (χ0n) is 12.1. The van der Waals surface area contributed by atoms with Gasteiger partial charge in [-0.05, 0) is 49.4 Å². The Hall–Kier alpha value is -2.21. The summed E-state index contributed by atoms with van der Waals surface area (Å²) in [6, 6.07) is 7.00. The predicted molar refractivity (Wildman–Crippen MR) is 84.7 cm³/mol. The van der Waals surface area contributed by atoms with Gasteiger partial charge in [-0.3, -0.25) is 25.4 Å². The van der Waals surface area contributed by atoms with Gasteiger partial charge in [-0.15, -0.1) is 11.3 Å². The maximum atomic E-state index is 12.1. The highest BCUT2D eigenvalue weighted by atomic mass is 32.1. The van der Waals surface area contributed by atoms with Crippen molar-refractivity contribution in [1.82, 2.24) is 15.8 Å². The van der Waals surface area contributed by atoms with Crippen molar-refractivity contribution in [2.24, 2.45) is 0 Å². The van der Waals surface area contributed by atoms with Gasteiger partial charge in [-0.25, -0.2) is 0 Å². The third-order valence-electron chi connectivity index (χ3n) is 3.66. The van der Waals surface area contributed by atoms with E-state index in [1.165, 1.54) is 47.2 Å². The number of pyridine rings is 1. The summed E-state index contributed by atoms with van der Waals surface area (Å²) in [6.07, 6.45) is 7.25. The SMILES string of the molecule is O=C(NNC(=O)c1cc2c(s1)CCCCC2)c1ccccn1. The quantitative estimate of drug-likeness (QED) is 0.661. The summed E-state index contributed by atoms with van der Waals surface area (Å²) in [5, 5.41) is 0. The molecule has 0 aromatic carbocycles. The number of fused-ring (bicyclic) bond motifs is 1. The second-order valence-electron chi connectivity index (χ2n) is 5.24. The first kappa shape index (κ1) is 14.7. The second-order valence-corrected chi connectivity index (χ2v) is 6.38. The minimum atomic E-state index is -0.424. The van der Waals surface area contributed by atoms with E-state index in [4.69, 9.17) is 0 Å². The van der Waals surface area contributed by atoms with Gasteiger partial charge in [0, 0.05) is 11.1 Å². The Labute approximate surface area is 132 Å². The fraction of sp³-hybridized carbons (Fsp3) is 0.312. The van der Waals surface area contributed by atoms with Crippen molar-refractivity contribution in [2.75, 3.05) is 0 Å². The van der Waals surface area contributed by atoms with Crippen molar-refractivity contribution in [2.45, 2.75) is 32.1 Å². The Morgan fingerprint density at radius 1 is 1.05 bits per heavy atom. The number of hydrogen-bond acceptors (Lipinski definition) is 4. The van der Waals surface area contributed by atoms with E-state index in [9.17, 15) is 9.59 Å². The molecule has 0 bridgehead atoms. The lowest BCUT2D eigenvalue weighted by Crippen LogP contribution is -2.41. The fourth-order valence-electron chi connectivity index (χ4n) is 2.52. The molecule has 0 fully saturated rings. The van der Waals surface area contributed by atoms with Gasteiger partial charge < -0.3 is 0 Å². The highest BCUT2D eigenvalue weighted by Gasteiger charge is 2.17. The molecule has 114 valence electrons. The van der Waals surface area contributed by atoms with Crippen LogP contribution in [-0.4, -0.2) is 16.8 Å². The Morgan fingerprint density at radius 2 is 1.86 bits per heavy atom. The molecule has 1 aliphatic carbocycles. The molecule has 0 aliphatic heterocycles. The van der Waals surface area contributed by atoms with Gasteiger partial charge >= 0.3 is 0 Å². The molecule has 1 aliphatic rings. The van der Waals surface area contributed by atoms with Gasteiger partial charge in [0.1, 0.15) is 5.69 Å². The molecule has 22 heavy (non-hydrogen) atoms. The van der Waals surface area contributed by atoms with Crippen LogP contribution < -0.4 is 10.9 Å². The van der Waals surface area contributed by atoms with E-state index >= 15 is 0 Å². The summed E-state index contributed by atoms with van der Waals surface area (Å²) < 4.78 is 0. The molecule has 5 nitrogen and oxygen atoms in total. The monoisotopic (exact) mass is 315 g/mol. The van der Waals surface area contributed by atoms with Crippen LogP contribution >= 0.6 is 11.3 Å².